The van der Waals surface area contributed by atoms with Gasteiger partial charge in [-0.25, -0.2) is 0 Å². The van der Waals surface area contributed by atoms with Crippen LogP contribution < -0.4 is 14.8 Å². The molecule has 2 aromatic carbocycles. The SMILES string of the molecule is C=CCc1cc(/C=C2/SC(NC(C)=O)=NC2=O)cc(OCC)c1OCc1ccc(Br)cc1. The Morgan fingerprint density at radius 2 is 2.00 bits per heavy atom. The normalized spacial score (nSPS) is 14.3. The van der Waals surface area contributed by atoms with Crippen LogP contribution in [-0.2, 0) is 22.6 Å². The topological polar surface area (TPSA) is 77.0 Å². The molecule has 166 valence electrons. The maximum atomic E-state index is 12.2. The van der Waals surface area contributed by atoms with Crippen LogP contribution in [0.2, 0.25) is 0 Å². The van der Waals surface area contributed by atoms with Gasteiger partial charge in [-0.05, 0) is 66.6 Å². The molecule has 0 fully saturated rings. The van der Waals surface area contributed by atoms with Crippen LogP contribution in [0.25, 0.3) is 6.08 Å². The fraction of sp³-hybridized carbons (Fsp3) is 0.208. The highest BCUT2D eigenvalue weighted by atomic mass is 79.9. The number of nitrogens with zero attached hydrogens (tertiary/aromatic N) is 1. The molecule has 2 amide bonds. The van der Waals surface area contributed by atoms with E-state index in [2.05, 4.69) is 32.8 Å². The summed E-state index contributed by atoms with van der Waals surface area (Å²) < 4.78 is 13.0. The molecule has 1 aliphatic rings. The molecule has 2 aromatic rings. The molecule has 6 nitrogen and oxygen atoms in total. The average Bonchev–Trinajstić information content (AvgIpc) is 3.07. The third kappa shape index (κ3) is 6.34. The lowest BCUT2D eigenvalue weighted by atomic mass is 10.0. The number of amides is 2. The molecule has 0 radical (unpaired) electrons. The Hall–Kier alpha value is -2.84. The molecule has 8 heteroatoms. The zero-order chi connectivity index (χ0) is 23.1. The van der Waals surface area contributed by atoms with Crippen molar-refractivity contribution in [1.82, 2.24) is 5.32 Å². The van der Waals surface area contributed by atoms with Crippen molar-refractivity contribution < 1.29 is 19.1 Å². The van der Waals surface area contributed by atoms with Crippen molar-refractivity contribution in [3.8, 4) is 11.5 Å². The molecule has 3 rings (SSSR count). The predicted molar refractivity (Wildman–Crippen MR) is 132 cm³/mol. The lowest BCUT2D eigenvalue weighted by Gasteiger charge is -2.17. The van der Waals surface area contributed by atoms with E-state index in [4.69, 9.17) is 9.47 Å². The highest BCUT2D eigenvalue weighted by molar-refractivity contribution is 9.10. The minimum Gasteiger partial charge on any atom is -0.490 e. The highest BCUT2D eigenvalue weighted by Gasteiger charge is 2.23. The number of allylic oxidation sites excluding steroid dienone is 1. The number of nitrogens with one attached hydrogen (secondary N) is 1. The molecule has 1 N–H and O–H groups in total. The summed E-state index contributed by atoms with van der Waals surface area (Å²) in [5, 5.41) is 2.82. The second-order valence-electron chi connectivity index (χ2n) is 6.86. The van der Waals surface area contributed by atoms with E-state index < -0.39 is 5.91 Å². The summed E-state index contributed by atoms with van der Waals surface area (Å²) in [4.78, 5) is 27.8. The molecule has 1 heterocycles. The number of aliphatic imine (C=N–C) groups is 1. The van der Waals surface area contributed by atoms with Crippen LogP contribution in [0.15, 0.2) is 63.4 Å². The molecular weight excluding hydrogens is 492 g/mol. The summed E-state index contributed by atoms with van der Waals surface area (Å²) in [5.41, 5.74) is 2.70. The first-order valence-electron chi connectivity index (χ1n) is 9.97. The summed E-state index contributed by atoms with van der Waals surface area (Å²) in [6.07, 6.45) is 4.10. The molecule has 0 saturated heterocycles. The summed E-state index contributed by atoms with van der Waals surface area (Å²) in [5.74, 6) is 0.577. The van der Waals surface area contributed by atoms with Gasteiger partial charge in [-0.15, -0.1) is 6.58 Å². The first kappa shape index (κ1) is 23.8. The Kier molecular flexibility index (Phi) is 8.30. The van der Waals surface area contributed by atoms with Crippen molar-refractivity contribution in [1.29, 1.82) is 0 Å². The van der Waals surface area contributed by atoms with Crippen molar-refractivity contribution in [2.75, 3.05) is 6.61 Å². The van der Waals surface area contributed by atoms with Gasteiger partial charge >= 0.3 is 0 Å². The Morgan fingerprint density at radius 1 is 1.25 bits per heavy atom. The van der Waals surface area contributed by atoms with Crippen molar-refractivity contribution in [3.05, 3.63) is 75.1 Å². The molecule has 1 aliphatic heterocycles. The van der Waals surface area contributed by atoms with Gasteiger partial charge in [0.05, 0.1) is 11.5 Å². The molecule has 0 saturated carbocycles. The van der Waals surface area contributed by atoms with Crippen LogP contribution in [0.1, 0.15) is 30.5 Å². The number of carbonyl (C=O) groups is 2. The number of carbonyl (C=O) groups excluding carboxylic acids is 2. The van der Waals surface area contributed by atoms with Gasteiger partial charge in [0.25, 0.3) is 5.91 Å². The average molecular weight is 515 g/mol. The molecule has 0 atom stereocenters. The number of hydrogen-bond acceptors (Lipinski definition) is 5. The van der Waals surface area contributed by atoms with Crippen molar-refractivity contribution in [3.63, 3.8) is 0 Å². The van der Waals surface area contributed by atoms with Crippen LogP contribution in [-0.4, -0.2) is 23.6 Å². The quantitative estimate of drug-likeness (QED) is 0.383. The molecule has 0 aromatic heterocycles. The number of amidine groups is 1. The first-order valence-corrected chi connectivity index (χ1v) is 11.6. The Balaban J connectivity index is 1.90. The van der Waals surface area contributed by atoms with Crippen LogP contribution in [0.4, 0.5) is 0 Å². The third-order valence-electron chi connectivity index (χ3n) is 4.32. The van der Waals surface area contributed by atoms with E-state index in [1.807, 2.05) is 43.3 Å². The Labute approximate surface area is 199 Å². The predicted octanol–water partition coefficient (Wildman–Crippen LogP) is 5.26. The number of hydrogen-bond donors (Lipinski definition) is 1. The smallest absolute Gasteiger partial charge is 0.286 e. The number of thioether (sulfide) groups is 1. The third-order valence-corrected chi connectivity index (χ3v) is 5.74. The summed E-state index contributed by atoms with van der Waals surface area (Å²) in [6, 6.07) is 11.7. The van der Waals surface area contributed by atoms with Crippen LogP contribution in [0.5, 0.6) is 11.5 Å². The lowest BCUT2D eigenvalue weighted by molar-refractivity contribution is -0.117. The van der Waals surface area contributed by atoms with E-state index in [-0.39, 0.29) is 11.1 Å². The van der Waals surface area contributed by atoms with Crippen molar-refractivity contribution >= 4 is 50.7 Å². The second kappa shape index (κ2) is 11.2. The van der Waals surface area contributed by atoms with Gasteiger partial charge in [0.2, 0.25) is 5.91 Å². The van der Waals surface area contributed by atoms with Gasteiger partial charge in [0.15, 0.2) is 16.7 Å². The van der Waals surface area contributed by atoms with Crippen molar-refractivity contribution in [2.24, 2.45) is 4.99 Å². The summed E-state index contributed by atoms with van der Waals surface area (Å²) in [6.45, 7) is 7.98. The zero-order valence-electron chi connectivity index (χ0n) is 17.8. The number of rotatable bonds is 8. The number of benzene rings is 2. The highest BCUT2D eigenvalue weighted by Crippen LogP contribution is 2.36. The fourth-order valence-corrected chi connectivity index (χ4v) is 4.13. The van der Waals surface area contributed by atoms with E-state index in [1.54, 1.807) is 12.2 Å². The van der Waals surface area contributed by atoms with Gasteiger partial charge in [-0.3, -0.25) is 9.59 Å². The van der Waals surface area contributed by atoms with Gasteiger partial charge < -0.3 is 14.8 Å². The molecule has 32 heavy (non-hydrogen) atoms. The second-order valence-corrected chi connectivity index (χ2v) is 8.81. The van der Waals surface area contributed by atoms with E-state index >= 15 is 0 Å². The molecule has 0 bridgehead atoms. The zero-order valence-corrected chi connectivity index (χ0v) is 20.2. The van der Waals surface area contributed by atoms with E-state index in [0.29, 0.717) is 36.0 Å². The van der Waals surface area contributed by atoms with Gasteiger partial charge in [0.1, 0.15) is 6.61 Å². The largest absolute Gasteiger partial charge is 0.490 e. The lowest BCUT2D eigenvalue weighted by Crippen LogP contribution is -2.23. The van der Waals surface area contributed by atoms with Crippen LogP contribution >= 0.6 is 27.7 Å². The van der Waals surface area contributed by atoms with E-state index in [1.165, 1.54) is 6.92 Å². The van der Waals surface area contributed by atoms with E-state index in [9.17, 15) is 9.59 Å². The van der Waals surface area contributed by atoms with Crippen LogP contribution in [0.3, 0.4) is 0 Å². The summed E-state index contributed by atoms with van der Waals surface area (Å²) in [7, 11) is 0. The minimum atomic E-state index is -0.391. The standard InChI is InChI=1S/C24H23BrN2O4S/c1-4-6-18-11-17(13-21-23(29)27-24(32-21)26-15(3)28)12-20(30-5-2)22(18)31-14-16-7-9-19(25)10-8-16/h4,7-13H,1,5-6,14H2,2-3H3,(H,26,27,28,29)/b21-13+. The molecule has 0 unspecified atom stereocenters. The number of ether oxygens (including phenoxy) is 2. The van der Waals surface area contributed by atoms with Gasteiger partial charge in [-0.2, -0.15) is 4.99 Å². The maximum Gasteiger partial charge on any atom is 0.286 e. The van der Waals surface area contributed by atoms with Gasteiger partial charge in [0, 0.05) is 17.0 Å². The van der Waals surface area contributed by atoms with E-state index in [0.717, 1.165) is 32.9 Å². The molecular formula is C24H23BrN2O4S. The minimum absolute atomic E-state index is 0.274. The Bertz CT molecular complexity index is 1090. The van der Waals surface area contributed by atoms with Crippen molar-refractivity contribution in [2.45, 2.75) is 26.9 Å². The fourth-order valence-electron chi connectivity index (χ4n) is 3.00. The number of halogens is 1. The molecule has 0 spiro atoms. The maximum absolute atomic E-state index is 12.2. The molecule has 0 aliphatic carbocycles. The van der Waals surface area contributed by atoms with Crippen LogP contribution in [0, 0.1) is 0 Å². The Morgan fingerprint density at radius 3 is 2.66 bits per heavy atom. The summed E-state index contributed by atoms with van der Waals surface area (Å²) >= 11 is 4.56. The monoisotopic (exact) mass is 514 g/mol. The first-order chi connectivity index (χ1) is 15.4. The van der Waals surface area contributed by atoms with Gasteiger partial charge in [-0.1, -0.05) is 34.1 Å².